The van der Waals surface area contributed by atoms with Crippen molar-refractivity contribution in [2.45, 2.75) is 0 Å². The molecule has 0 heterocycles. The molecule has 0 aliphatic heterocycles. The van der Waals surface area contributed by atoms with Gasteiger partial charge >= 0.3 is 0 Å². The molecule has 0 aliphatic rings. The highest BCUT2D eigenvalue weighted by Crippen LogP contribution is 1.48. The highest BCUT2D eigenvalue weighted by Gasteiger charge is 0.950. The summed E-state index contributed by atoms with van der Waals surface area (Å²) in [5.74, 6) is 0. The Kier molecular flexibility index (Phi) is 124. The molecular weight excluding hydrogens is 167 g/mol. The Morgan fingerprint density at radius 3 is 1.25 bits per heavy atom. The number of hydrogen-bond acceptors (Lipinski definition) is 1. The number of aliphatic hydroxyl groups is 1. The van der Waals surface area contributed by atoms with Crippen molar-refractivity contribution in [2.24, 2.45) is 0 Å². The summed E-state index contributed by atoms with van der Waals surface area (Å²) < 4.78 is 0. The van der Waals surface area contributed by atoms with Crippen LogP contribution in [0.15, 0.2) is 0 Å². The first-order valence-electron chi connectivity index (χ1n) is 0.825. The Bertz CT molecular complexity index is 6.00. The van der Waals surface area contributed by atoms with Crippen molar-refractivity contribution in [1.29, 1.82) is 0 Å². The number of alkyl halides is 1. The second-order valence-corrected chi connectivity index (χ2v) is 0. The topological polar surface area (TPSA) is 20.2 Å². The maximum atomic E-state index is 7.00. The third-order valence-electron chi connectivity index (χ3n) is 0. The van der Waals surface area contributed by atoms with E-state index in [4.69, 9.17) is 5.11 Å². The number of halogens is 1. The highest BCUT2D eigenvalue weighted by molar-refractivity contribution is 14.1. The van der Waals surface area contributed by atoms with Crippen LogP contribution in [0.5, 0.6) is 0 Å². The first-order valence-corrected chi connectivity index (χ1v) is 2.98. The molecule has 0 spiro atoms. The molecule has 0 aliphatic carbocycles. The van der Waals surface area contributed by atoms with Crippen LogP contribution in [0.2, 0.25) is 0 Å². The summed E-state index contributed by atoms with van der Waals surface area (Å²) in [4.78, 5) is 1.97. The van der Waals surface area contributed by atoms with Crippen molar-refractivity contribution >= 4 is 22.6 Å². The van der Waals surface area contributed by atoms with Crippen LogP contribution in [-0.2, 0) is 0 Å². The molecule has 0 amide bonds. The molecule has 0 saturated heterocycles. The zero-order valence-electron chi connectivity index (χ0n) is 2.83. The van der Waals surface area contributed by atoms with E-state index in [-0.39, 0.29) is 0 Å². The minimum absolute atomic E-state index is 1.00. The monoisotopic (exact) mass is 174 g/mol. The maximum absolute atomic E-state index is 7.00. The predicted molar refractivity (Wildman–Crippen MR) is 28.1 cm³/mol. The van der Waals surface area contributed by atoms with E-state index in [9.17, 15) is 0 Å². The second kappa shape index (κ2) is 56.1. The van der Waals surface area contributed by atoms with Crippen LogP contribution in [0.25, 0.3) is 0 Å². The van der Waals surface area contributed by atoms with Crippen LogP contribution in [0.1, 0.15) is 0 Å². The summed E-state index contributed by atoms with van der Waals surface area (Å²) >= 11 is 2.15. The second-order valence-electron chi connectivity index (χ2n) is 0. The lowest BCUT2D eigenvalue weighted by Gasteiger charge is -1.21. The van der Waals surface area contributed by atoms with Crippen molar-refractivity contribution in [3.05, 3.63) is 0 Å². The van der Waals surface area contributed by atoms with Gasteiger partial charge < -0.3 is 5.11 Å². The van der Waals surface area contributed by atoms with E-state index in [1.54, 1.807) is 0 Å². The molecule has 1 nitrogen and oxygen atoms in total. The zero-order chi connectivity index (χ0) is 4.00. The van der Waals surface area contributed by atoms with Gasteiger partial charge in [0.05, 0.1) is 0 Å². The molecule has 0 aromatic rings. The fourth-order valence-electron chi connectivity index (χ4n) is 0. The average Bonchev–Trinajstić information content (AvgIpc) is 1.50. The van der Waals surface area contributed by atoms with Crippen LogP contribution in [0, 0.1) is 0 Å². The largest absolute Gasteiger partial charge is 0.400 e. The lowest BCUT2D eigenvalue weighted by Crippen LogP contribution is -1.25. The van der Waals surface area contributed by atoms with E-state index in [2.05, 4.69) is 22.6 Å². The van der Waals surface area contributed by atoms with Gasteiger partial charge in [-0.1, -0.05) is 22.6 Å². The van der Waals surface area contributed by atoms with Crippen LogP contribution >= 0.6 is 22.6 Å². The Hall–Kier alpha value is 0.690. The number of rotatable bonds is 0. The smallest absolute Gasteiger partial charge is 0.0319 e. The lowest BCUT2D eigenvalue weighted by molar-refractivity contribution is 0.399. The van der Waals surface area contributed by atoms with Crippen LogP contribution in [-0.4, -0.2) is 17.1 Å². The molecule has 0 atom stereocenters. The van der Waals surface area contributed by atoms with Gasteiger partial charge in [-0.2, -0.15) is 0 Å². The summed E-state index contributed by atoms with van der Waals surface area (Å²) in [6.07, 6.45) is 0. The summed E-state index contributed by atoms with van der Waals surface area (Å²) in [7, 11) is 1.00. The van der Waals surface area contributed by atoms with Crippen LogP contribution in [0.4, 0.5) is 0 Å². The third kappa shape index (κ3) is 16.1. The molecule has 2 heteroatoms. The predicted octanol–water partition coefficient (Wildman–Crippen LogP) is 0.660. The SMILES string of the molecule is CI.CO. The van der Waals surface area contributed by atoms with E-state index in [0.717, 1.165) is 7.11 Å². The van der Waals surface area contributed by atoms with Crippen molar-refractivity contribution in [2.75, 3.05) is 12.0 Å². The van der Waals surface area contributed by atoms with Gasteiger partial charge in [0.2, 0.25) is 0 Å². The highest BCUT2D eigenvalue weighted by atomic mass is 127. The molecule has 0 unspecified atom stereocenters. The number of hydrogen-bond donors (Lipinski definition) is 1. The van der Waals surface area contributed by atoms with E-state index in [0.29, 0.717) is 0 Å². The van der Waals surface area contributed by atoms with Gasteiger partial charge in [0.25, 0.3) is 0 Å². The Balaban J connectivity index is 0. The summed E-state index contributed by atoms with van der Waals surface area (Å²) in [6.45, 7) is 0. The van der Waals surface area contributed by atoms with Gasteiger partial charge in [-0.05, 0) is 4.93 Å². The molecular formula is C2H7IO. The van der Waals surface area contributed by atoms with E-state index in [1.165, 1.54) is 0 Å². The van der Waals surface area contributed by atoms with Gasteiger partial charge in [0, 0.05) is 7.11 Å². The van der Waals surface area contributed by atoms with Crippen LogP contribution in [0.3, 0.4) is 0 Å². The standard InChI is InChI=1S/CH3I.CH4O/c2*1-2/h1H3;2H,1H3. The van der Waals surface area contributed by atoms with Gasteiger partial charge in [-0.15, -0.1) is 0 Å². The Morgan fingerprint density at radius 1 is 1.25 bits per heavy atom. The number of aliphatic hydroxyl groups excluding tert-OH is 1. The molecule has 0 bridgehead atoms. The molecule has 0 saturated carbocycles. The minimum Gasteiger partial charge on any atom is -0.400 e. The maximum Gasteiger partial charge on any atom is 0.0319 e. The lowest BCUT2D eigenvalue weighted by atomic mass is 11.8. The summed E-state index contributed by atoms with van der Waals surface area (Å²) in [5, 5.41) is 7.00. The minimum atomic E-state index is 1.00. The Morgan fingerprint density at radius 2 is 1.25 bits per heavy atom. The first-order chi connectivity index (χ1) is 2.00. The molecule has 28 valence electrons. The van der Waals surface area contributed by atoms with Gasteiger partial charge in [-0.25, -0.2) is 0 Å². The van der Waals surface area contributed by atoms with E-state index >= 15 is 0 Å². The molecule has 0 rings (SSSR count). The molecule has 0 fully saturated rings. The zero-order valence-corrected chi connectivity index (χ0v) is 4.98. The molecule has 1 N–H and O–H groups in total. The molecule has 0 aromatic heterocycles. The van der Waals surface area contributed by atoms with Crippen molar-refractivity contribution in [1.82, 2.24) is 0 Å². The van der Waals surface area contributed by atoms with E-state index < -0.39 is 0 Å². The van der Waals surface area contributed by atoms with Gasteiger partial charge in [-0.3, -0.25) is 0 Å². The van der Waals surface area contributed by atoms with Gasteiger partial charge in [0.15, 0.2) is 0 Å². The van der Waals surface area contributed by atoms with Crippen molar-refractivity contribution in [3.63, 3.8) is 0 Å². The van der Waals surface area contributed by atoms with Gasteiger partial charge in [0.1, 0.15) is 0 Å². The fourth-order valence-corrected chi connectivity index (χ4v) is 0. The molecule has 0 radical (unpaired) electrons. The average molecular weight is 174 g/mol. The summed E-state index contributed by atoms with van der Waals surface area (Å²) in [5.41, 5.74) is 0. The summed E-state index contributed by atoms with van der Waals surface area (Å²) in [6, 6.07) is 0. The fraction of sp³-hybridized carbons (Fsp3) is 1.00. The van der Waals surface area contributed by atoms with Crippen LogP contribution < -0.4 is 0 Å². The molecule has 4 heavy (non-hydrogen) atoms. The quantitative estimate of drug-likeness (QED) is 0.422. The molecule has 0 aromatic carbocycles. The normalized spacial score (nSPS) is 3.00. The Labute approximate surface area is 40.2 Å². The van der Waals surface area contributed by atoms with Crippen molar-refractivity contribution < 1.29 is 5.11 Å². The first kappa shape index (κ1) is 8.83. The van der Waals surface area contributed by atoms with Crippen molar-refractivity contribution in [3.8, 4) is 0 Å². The van der Waals surface area contributed by atoms with E-state index in [1.807, 2.05) is 4.93 Å². The third-order valence-corrected chi connectivity index (χ3v) is 0.